The molecule has 0 unspecified atom stereocenters. The van der Waals surface area contributed by atoms with Gasteiger partial charge >= 0.3 is 0 Å². The Labute approximate surface area is 138 Å². The van der Waals surface area contributed by atoms with Crippen molar-refractivity contribution >= 4 is 23.2 Å². The number of fused-ring (bicyclic) bond motifs is 1. The highest BCUT2D eigenvalue weighted by molar-refractivity contribution is 6.41. The summed E-state index contributed by atoms with van der Waals surface area (Å²) >= 11 is 12.9. The lowest BCUT2D eigenvalue weighted by Crippen LogP contribution is -1.97. The van der Waals surface area contributed by atoms with E-state index in [1.54, 1.807) is 12.1 Å². The molecular weight excluding hydrogens is 326 g/mol. The van der Waals surface area contributed by atoms with Gasteiger partial charge in [0, 0.05) is 11.6 Å². The number of methoxy groups -OCH3 is 2. The smallest absolute Gasteiger partial charge is 0.141 e. The van der Waals surface area contributed by atoms with E-state index < -0.39 is 0 Å². The van der Waals surface area contributed by atoms with E-state index in [1.807, 2.05) is 0 Å². The lowest BCUT2D eigenvalue weighted by molar-refractivity contribution is 0.395. The molecule has 1 aliphatic carbocycles. The lowest BCUT2D eigenvalue weighted by Gasteiger charge is -2.17. The van der Waals surface area contributed by atoms with E-state index in [0.717, 1.165) is 36.0 Å². The molecule has 0 spiro atoms. The summed E-state index contributed by atoms with van der Waals surface area (Å²) in [5, 5.41) is 0.822. The van der Waals surface area contributed by atoms with Gasteiger partial charge in [0.15, 0.2) is 0 Å². The van der Waals surface area contributed by atoms with Crippen molar-refractivity contribution in [3.05, 3.63) is 45.2 Å². The van der Waals surface area contributed by atoms with E-state index in [1.165, 1.54) is 20.3 Å². The van der Waals surface area contributed by atoms with Gasteiger partial charge in [0.05, 0.1) is 24.3 Å². The molecule has 1 aliphatic rings. The van der Waals surface area contributed by atoms with Gasteiger partial charge in [-0.2, -0.15) is 0 Å². The standard InChI is InChI=1S/C17H15Cl2FO2/c1-21-13-8-14(22-2)17(19)15(16(13)18)11-6-7-12(20)10-5-3-4-9(10)11/h6-8H,3-5H2,1-2H3. The van der Waals surface area contributed by atoms with Crippen LogP contribution in [0.5, 0.6) is 11.5 Å². The number of hydrogen-bond donors (Lipinski definition) is 0. The quantitative estimate of drug-likeness (QED) is 0.754. The Morgan fingerprint density at radius 1 is 0.955 bits per heavy atom. The van der Waals surface area contributed by atoms with Crippen LogP contribution in [0.4, 0.5) is 4.39 Å². The Bertz CT molecular complexity index is 716. The van der Waals surface area contributed by atoms with Crippen molar-refractivity contribution in [2.75, 3.05) is 14.2 Å². The normalized spacial score (nSPS) is 13.1. The van der Waals surface area contributed by atoms with E-state index in [0.29, 0.717) is 27.1 Å². The molecule has 0 aromatic heterocycles. The van der Waals surface area contributed by atoms with Crippen LogP contribution < -0.4 is 9.47 Å². The van der Waals surface area contributed by atoms with Crippen molar-refractivity contribution in [2.45, 2.75) is 19.3 Å². The van der Waals surface area contributed by atoms with Crippen LogP contribution in [0.2, 0.25) is 10.0 Å². The molecule has 0 aliphatic heterocycles. The topological polar surface area (TPSA) is 18.5 Å². The first-order valence-corrected chi connectivity index (χ1v) is 7.74. The molecule has 0 saturated heterocycles. The maximum atomic E-state index is 14.0. The summed E-state index contributed by atoms with van der Waals surface area (Å²) in [6, 6.07) is 4.85. The Morgan fingerprint density at radius 2 is 1.55 bits per heavy atom. The highest BCUT2D eigenvalue weighted by atomic mass is 35.5. The molecule has 0 heterocycles. The average Bonchev–Trinajstić information content (AvgIpc) is 3.00. The third-order valence-corrected chi connectivity index (χ3v) is 4.82. The first kappa shape index (κ1) is 15.4. The fourth-order valence-corrected chi connectivity index (χ4v) is 3.72. The molecule has 5 heteroatoms. The zero-order valence-corrected chi connectivity index (χ0v) is 13.8. The first-order chi connectivity index (χ1) is 10.6. The van der Waals surface area contributed by atoms with E-state index in [-0.39, 0.29) is 5.82 Å². The summed E-state index contributed by atoms with van der Waals surface area (Å²) in [5.41, 5.74) is 3.21. The van der Waals surface area contributed by atoms with Gasteiger partial charge in [0.1, 0.15) is 17.3 Å². The second kappa shape index (κ2) is 5.98. The number of benzene rings is 2. The van der Waals surface area contributed by atoms with Gasteiger partial charge in [-0.25, -0.2) is 4.39 Å². The summed E-state index contributed by atoms with van der Waals surface area (Å²) in [6.07, 6.45) is 2.49. The van der Waals surface area contributed by atoms with Crippen LogP contribution in [0.1, 0.15) is 17.5 Å². The van der Waals surface area contributed by atoms with E-state index >= 15 is 0 Å². The number of hydrogen-bond acceptors (Lipinski definition) is 2. The summed E-state index contributed by atoms with van der Waals surface area (Å²) in [5.74, 6) is 0.793. The number of rotatable bonds is 3. The van der Waals surface area contributed by atoms with Gasteiger partial charge in [0.25, 0.3) is 0 Å². The fraction of sp³-hybridized carbons (Fsp3) is 0.294. The molecule has 0 atom stereocenters. The minimum atomic E-state index is -0.168. The maximum absolute atomic E-state index is 14.0. The summed E-state index contributed by atoms with van der Waals surface area (Å²) in [7, 11) is 3.07. The first-order valence-electron chi connectivity index (χ1n) is 6.99. The van der Waals surface area contributed by atoms with Crippen molar-refractivity contribution in [3.8, 4) is 22.6 Å². The van der Waals surface area contributed by atoms with Crippen LogP contribution in [-0.4, -0.2) is 14.2 Å². The van der Waals surface area contributed by atoms with Crippen molar-refractivity contribution < 1.29 is 13.9 Å². The second-order valence-corrected chi connectivity index (χ2v) is 5.95. The van der Waals surface area contributed by atoms with Crippen molar-refractivity contribution in [3.63, 3.8) is 0 Å². The predicted octanol–water partition coefficient (Wildman–Crippen LogP) is 5.31. The van der Waals surface area contributed by atoms with Crippen LogP contribution in [0.3, 0.4) is 0 Å². The minimum absolute atomic E-state index is 0.168. The summed E-state index contributed by atoms with van der Waals surface area (Å²) in [4.78, 5) is 0. The van der Waals surface area contributed by atoms with Crippen molar-refractivity contribution in [2.24, 2.45) is 0 Å². The van der Waals surface area contributed by atoms with E-state index in [9.17, 15) is 4.39 Å². The molecule has 22 heavy (non-hydrogen) atoms. The highest BCUT2D eigenvalue weighted by Crippen LogP contribution is 2.48. The van der Waals surface area contributed by atoms with Crippen LogP contribution in [0.25, 0.3) is 11.1 Å². The Kier molecular flexibility index (Phi) is 4.20. The molecule has 3 rings (SSSR count). The third-order valence-electron chi connectivity index (χ3n) is 4.07. The van der Waals surface area contributed by atoms with Crippen LogP contribution >= 0.6 is 23.2 Å². The molecule has 116 valence electrons. The molecule has 0 saturated carbocycles. The van der Waals surface area contributed by atoms with Crippen molar-refractivity contribution in [1.29, 1.82) is 0 Å². The SMILES string of the molecule is COc1cc(OC)c(Cl)c(-c2ccc(F)c3c2CCC3)c1Cl. The van der Waals surface area contributed by atoms with Gasteiger partial charge in [-0.05, 0) is 42.0 Å². The minimum Gasteiger partial charge on any atom is -0.495 e. The molecule has 0 amide bonds. The molecule has 0 bridgehead atoms. The maximum Gasteiger partial charge on any atom is 0.141 e. The monoisotopic (exact) mass is 340 g/mol. The number of ether oxygens (including phenoxy) is 2. The Hall–Kier alpha value is -1.45. The van der Waals surface area contributed by atoms with Gasteiger partial charge in [-0.1, -0.05) is 29.3 Å². The average molecular weight is 341 g/mol. The van der Waals surface area contributed by atoms with Crippen LogP contribution in [0.15, 0.2) is 18.2 Å². The number of halogens is 3. The molecule has 0 N–H and O–H groups in total. The van der Waals surface area contributed by atoms with Gasteiger partial charge in [-0.15, -0.1) is 0 Å². The lowest BCUT2D eigenvalue weighted by atomic mass is 9.96. The third kappa shape index (κ3) is 2.33. The zero-order valence-electron chi connectivity index (χ0n) is 12.3. The van der Waals surface area contributed by atoms with Gasteiger partial charge < -0.3 is 9.47 Å². The van der Waals surface area contributed by atoms with Crippen LogP contribution in [-0.2, 0) is 12.8 Å². The highest BCUT2D eigenvalue weighted by Gasteiger charge is 2.25. The largest absolute Gasteiger partial charge is 0.495 e. The van der Waals surface area contributed by atoms with E-state index in [2.05, 4.69) is 0 Å². The zero-order chi connectivity index (χ0) is 15.9. The van der Waals surface area contributed by atoms with Gasteiger partial charge in [-0.3, -0.25) is 0 Å². The molecular formula is C17H15Cl2FO2. The van der Waals surface area contributed by atoms with Gasteiger partial charge in [0.2, 0.25) is 0 Å². The molecule has 2 aromatic rings. The fourth-order valence-electron chi connectivity index (χ4n) is 3.02. The summed E-state index contributed by atoms with van der Waals surface area (Å²) < 4.78 is 24.6. The Morgan fingerprint density at radius 3 is 2.14 bits per heavy atom. The van der Waals surface area contributed by atoms with Crippen molar-refractivity contribution in [1.82, 2.24) is 0 Å². The molecule has 0 radical (unpaired) electrons. The molecule has 2 aromatic carbocycles. The van der Waals surface area contributed by atoms with E-state index in [4.69, 9.17) is 32.7 Å². The second-order valence-electron chi connectivity index (χ2n) is 5.19. The molecule has 2 nitrogen and oxygen atoms in total. The summed E-state index contributed by atoms with van der Waals surface area (Å²) in [6.45, 7) is 0. The predicted molar refractivity (Wildman–Crippen MR) is 87.0 cm³/mol. The van der Waals surface area contributed by atoms with Crippen LogP contribution in [0, 0.1) is 5.82 Å². The molecule has 0 fully saturated rings. The Balaban J connectivity index is 2.32.